The van der Waals surface area contributed by atoms with Crippen molar-refractivity contribution in [3.63, 3.8) is 0 Å². The van der Waals surface area contributed by atoms with Crippen molar-refractivity contribution in [2.24, 2.45) is 5.41 Å². The van der Waals surface area contributed by atoms with E-state index >= 15 is 0 Å². The van der Waals surface area contributed by atoms with Gasteiger partial charge in [0, 0.05) is 29.8 Å². The van der Waals surface area contributed by atoms with E-state index < -0.39 is 5.41 Å². The largest absolute Gasteiger partial charge is 0.497 e. The second-order valence-electron chi connectivity index (χ2n) is 7.41. The molecule has 3 aromatic rings. The van der Waals surface area contributed by atoms with Gasteiger partial charge in [-0.1, -0.05) is 32.9 Å². The fourth-order valence-electron chi connectivity index (χ4n) is 2.65. The Hall–Kier alpha value is -3.02. The number of carbonyl (C=O) groups is 1. The molecule has 0 atom stereocenters. The summed E-state index contributed by atoms with van der Waals surface area (Å²) in [5.41, 5.74) is 1.40. The summed E-state index contributed by atoms with van der Waals surface area (Å²) in [6.07, 6.45) is 4.77. The zero-order valence-corrected chi connectivity index (χ0v) is 16.1. The molecule has 2 heterocycles. The molecule has 0 bridgehead atoms. The van der Waals surface area contributed by atoms with E-state index in [0.717, 1.165) is 23.3 Å². The number of ether oxygens (including phenoxy) is 1. The molecule has 0 aliphatic rings. The summed E-state index contributed by atoms with van der Waals surface area (Å²) in [6, 6.07) is 11.6. The molecule has 0 aliphatic carbocycles. The Morgan fingerprint density at radius 3 is 2.44 bits per heavy atom. The number of methoxy groups -OCH3 is 1. The Morgan fingerprint density at radius 2 is 1.85 bits per heavy atom. The topological polar surface area (TPSA) is 69.9 Å². The third-order valence-corrected chi connectivity index (χ3v) is 4.22. The molecular formula is C21H24N4O2. The highest BCUT2D eigenvalue weighted by molar-refractivity contribution is 5.84. The number of rotatable bonds is 5. The molecule has 0 spiro atoms. The average molecular weight is 364 g/mol. The Kier molecular flexibility index (Phi) is 5.35. The molecule has 2 aromatic heterocycles. The van der Waals surface area contributed by atoms with Crippen LogP contribution in [0.4, 0.5) is 0 Å². The molecule has 0 aliphatic heterocycles. The van der Waals surface area contributed by atoms with Crippen LogP contribution in [-0.2, 0) is 12.8 Å². The maximum atomic E-state index is 12.9. The van der Waals surface area contributed by atoms with Crippen LogP contribution < -0.4 is 4.74 Å². The molecule has 0 fully saturated rings. The third kappa shape index (κ3) is 4.39. The smallest absolute Gasteiger partial charge is 0.253 e. The summed E-state index contributed by atoms with van der Waals surface area (Å²) in [5.74, 6) is 1.92. The SMILES string of the molecule is COc1ccc(CCc2nc(-c3cccnc3)nn2C(=O)C(C)(C)C)cc1. The number of hydrogen-bond acceptors (Lipinski definition) is 5. The van der Waals surface area contributed by atoms with Crippen LogP contribution in [0.5, 0.6) is 5.75 Å². The van der Waals surface area contributed by atoms with E-state index in [2.05, 4.69) is 15.1 Å². The number of hydrogen-bond donors (Lipinski definition) is 0. The van der Waals surface area contributed by atoms with Crippen molar-refractivity contribution in [2.75, 3.05) is 7.11 Å². The first-order valence-electron chi connectivity index (χ1n) is 8.92. The highest BCUT2D eigenvalue weighted by Gasteiger charge is 2.27. The standard InChI is InChI=1S/C21H24N4O2/c1-21(2,3)20(26)25-18(12-9-15-7-10-17(27-4)11-8-15)23-19(24-25)16-6-5-13-22-14-16/h5-8,10-11,13-14H,9,12H2,1-4H3. The zero-order chi connectivity index (χ0) is 19.4. The predicted octanol–water partition coefficient (Wildman–Crippen LogP) is 3.82. The van der Waals surface area contributed by atoms with E-state index in [9.17, 15) is 4.79 Å². The molecule has 0 radical (unpaired) electrons. The zero-order valence-electron chi connectivity index (χ0n) is 16.1. The van der Waals surface area contributed by atoms with Crippen LogP contribution in [0.15, 0.2) is 48.8 Å². The van der Waals surface area contributed by atoms with Crippen LogP contribution in [-0.4, -0.2) is 32.8 Å². The lowest BCUT2D eigenvalue weighted by atomic mass is 9.96. The van der Waals surface area contributed by atoms with Crippen molar-refractivity contribution in [3.05, 3.63) is 60.2 Å². The lowest BCUT2D eigenvalue weighted by molar-refractivity contribution is 0.0744. The van der Waals surface area contributed by atoms with Gasteiger partial charge in [-0.15, -0.1) is 5.10 Å². The molecule has 0 amide bonds. The van der Waals surface area contributed by atoms with Crippen LogP contribution in [0.1, 0.15) is 37.0 Å². The van der Waals surface area contributed by atoms with Gasteiger partial charge < -0.3 is 4.74 Å². The van der Waals surface area contributed by atoms with Gasteiger partial charge in [0.2, 0.25) is 0 Å². The van der Waals surface area contributed by atoms with E-state index in [1.165, 1.54) is 4.68 Å². The molecule has 1 aromatic carbocycles. The van der Waals surface area contributed by atoms with Crippen LogP contribution in [0.2, 0.25) is 0 Å². The molecule has 0 saturated heterocycles. The van der Waals surface area contributed by atoms with Crippen LogP contribution in [0, 0.1) is 5.41 Å². The molecule has 0 saturated carbocycles. The Balaban J connectivity index is 1.89. The van der Waals surface area contributed by atoms with Gasteiger partial charge in [0.15, 0.2) is 5.82 Å². The maximum absolute atomic E-state index is 12.9. The Labute approximate surface area is 159 Å². The summed E-state index contributed by atoms with van der Waals surface area (Å²) in [4.78, 5) is 21.6. The van der Waals surface area contributed by atoms with Crippen molar-refractivity contribution in [3.8, 4) is 17.1 Å². The van der Waals surface area contributed by atoms with Gasteiger partial charge in [-0.2, -0.15) is 4.68 Å². The number of nitrogens with zero attached hydrogens (tertiary/aromatic N) is 4. The van der Waals surface area contributed by atoms with E-state index in [0.29, 0.717) is 18.1 Å². The van der Waals surface area contributed by atoms with Crippen molar-refractivity contribution in [1.82, 2.24) is 19.7 Å². The van der Waals surface area contributed by atoms with Gasteiger partial charge >= 0.3 is 0 Å². The van der Waals surface area contributed by atoms with Gasteiger partial charge in [-0.25, -0.2) is 4.98 Å². The predicted molar refractivity (Wildman–Crippen MR) is 104 cm³/mol. The minimum Gasteiger partial charge on any atom is -0.497 e. The molecule has 27 heavy (non-hydrogen) atoms. The van der Waals surface area contributed by atoms with E-state index in [4.69, 9.17) is 4.74 Å². The quantitative estimate of drug-likeness (QED) is 0.688. The van der Waals surface area contributed by atoms with Crippen LogP contribution in [0.25, 0.3) is 11.4 Å². The fourth-order valence-corrected chi connectivity index (χ4v) is 2.65. The number of aryl methyl sites for hydroxylation is 2. The van der Waals surface area contributed by atoms with E-state index in [1.807, 2.05) is 57.2 Å². The number of benzene rings is 1. The Morgan fingerprint density at radius 1 is 1.11 bits per heavy atom. The second kappa shape index (κ2) is 7.70. The molecule has 0 N–H and O–H groups in total. The van der Waals surface area contributed by atoms with Crippen molar-refractivity contribution >= 4 is 5.91 Å². The first-order valence-corrected chi connectivity index (χ1v) is 8.92. The van der Waals surface area contributed by atoms with Crippen LogP contribution >= 0.6 is 0 Å². The molecule has 6 nitrogen and oxygen atoms in total. The summed E-state index contributed by atoms with van der Waals surface area (Å²) in [7, 11) is 1.65. The first kappa shape index (κ1) is 18.8. The minimum atomic E-state index is -0.547. The van der Waals surface area contributed by atoms with Crippen molar-refractivity contribution < 1.29 is 9.53 Å². The highest BCUT2D eigenvalue weighted by atomic mass is 16.5. The van der Waals surface area contributed by atoms with Crippen molar-refractivity contribution in [1.29, 1.82) is 0 Å². The number of carbonyl (C=O) groups excluding carboxylic acids is 1. The van der Waals surface area contributed by atoms with Gasteiger partial charge in [0.05, 0.1) is 7.11 Å². The lowest BCUT2D eigenvalue weighted by Crippen LogP contribution is -2.29. The van der Waals surface area contributed by atoms with E-state index in [-0.39, 0.29) is 5.91 Å². The summed E-state index contributed by atoms with van der Waals surface area (Å²) in [6.45, 7) is 5.65. The second-order valence-corrected chi connectivity index (χ2v) is 7.41. The summed E-state index contributed by atoms with van der Waals surface area (Å²) < 4.78 is 6.65. The van der Waals surface area contributed by atoms with E-state index in [1.54, 1.807) is 19.5 Å². The fraction of sp³-hybridized carbons (Fsp3) is 0.333. The van der Waals surface area contributed by atoms with Gasteiger partial charge in [-0.3, -0.25) is 9.78 Å². The van der Waals surface area contributed by atoms with Gasteiger partial charge in [0.1, 0.15) is 11.6 Å². The normalized spacial score (nSPS) is 11.4. The summed E-state index contributed by atoms with van der Waals surface area (Å²) in [5, 5.41) is 4.48. The monoisotopic (exact) mass is 364 g/mol. The summed E-state index contributed by atoms with van der Waals surface area (Å²) >= 11 is 0. The number of pyridine rings is 1. The molecular weight excluding hydrogens is 340 g/mol. The van der Waals surface area contributed by atoms with Gasteiger partial charge in [0.25, 0.3) is 5.91 Å². The Bertz CT molecular complexity index is 910. The molecule has 3 rings (SSSR count). The van der Waals surface area contributed by atoms with Crippen LogP contribution in [0.3, 0.4) is 0 Å². The first-order chi connectivity index (χ1) is 12.9. The van der Waals surface area contributed by atoms with Crippen molar-refractivity contribution in [2.45, 2.75) is 33.6 Å². The molecule has 140 valence electrons. The third-order valence-electron chi connectivity index (χ3n) is 4.22. The molecule has 6 heteroatoms. The average Bonchev–Trinajstić information content (AvgIpc) is 3.10. The highest BCUT2D eigenvalue weighted by Crippen LogP contribution is 2.21. The molecule has 0 unspecified atom stereocenters. The minimum absolute atomic E-state index is 0.0742. The maximum Gasteiger partial charge on any atom is 0.253 e. The van der Waals surface area contributed by atoms with Gasteiger partial charge in [-0.05, 0) is 36.2 Å². The lowest BCUT2D eigenvalue weighted by Gasteiger charge is -2.17. The number of aromatic nitrogens is 4.